The van der Waals surface area contributed by atoms with Gasteiger partial charge < -0.3 is 9.13 Å². The highest BCUT2D eigenvalue weighted by atomic mass is 15.0. The van der Waals surface area contributed by atoms with Gasteiger partial charge in [0, 0.05) is 44.8 Å². The molecule has 0 saturated carbocycles. The van der Waals surface area contributed by atoms with Crippen molar-refractivity contribution < 1.29 is 0 Å². The maximum atomic E-state index is 4.69. The number of nitrogens with zero attached hydrogens (tertiary/aromatic N) is 4. The minimum atomic E-state index is -0.0282. The van der Waals surface area contributed by atoms with Gasteiger partial charge in [-0.25, -0.2) is 0 Å². The van der Waals surface area contributed by atoms with Crippen LogP contribution in [0.1, 0.15) is 72.2 Å². The summed E-state index contributed by atoms with van der Waals surface area (Å²) in [5.41, 5.74) is 30.6. The Morgan fingerprint density at radius 2 is 0.750 bits per heavy atom. The fraction of sp³-hybridized carbons (Fsp3) is 0.147. The topological polar surface area (TPSA) is 35.6 Å². The van der Waals surface area contributed by atoms with Crippen molar-refractivity contribution in [1.29, 1.82) is 0 Å². The largest absolute Gasteiger partial charge is 0.307 e. The monoisotopic (exact) mass is 924 g/mol. The van der Waals surface area contributed by atoms with E-state index in [9.17, 15) is 0 Å². The smallest absolute Gasteiger partial charge is 0.0674 e. The van der Waals surface area contributed by atoms with Crippen LogP contribution in [-0.2, 0) is 23.7 Å². The summed E-state index contributed by atoms with van der Waals surface area (Å²) >= 11 is 0. The maximum Gasteiger partial charge on any atom is 0.0674 e. The van der Waals surface area contributed by atoms with E-state index >= 15 is 0 Å². The summed E-state index contributed by atoms with van der Waals surface area (Å²) in [5.74, 6) is 0. The molecular formula is C68H52N4. The lowest BCUT2D eigenvalue weighted by atomic mass is 9.82. The SMILES string of the molecule is Cc1ccncc1-n1c2ccc(-c3ccc4c(c3)-c3ccccc3C4(C)C)cc2c2cc3c(cc21)-c1cc2c(cc1CC3)c1cc(-c3ccc4c(c3)-c3ccccc3C4(C)C)ccc1n2-c1cnccc1C. The molecule has 4 nitrogen and oxygen atoms in total. The Kier molecular flexibility index (Phi) is 8.41. The fourth-order valence-electron chi connectivity index (χ4n) is 13.5. The summed E-state index contributed by atoms with van der Waals surface area (Å²) in [6.45, 7) is 13.8. The minimum Gasteiger partial charge on any atom is -0.307 e. The molecule has 0 unspecified atom stereocenters. The van der Waals surface area contributed by atoms with Crippen LogP contribution in [0.15, 0.2) is 183 Å². The van der Waals surface area contributed by atoms with Crippen molar-refractivity contribution >= 4 is 43.6 Å². The molecule has 0 spiro atoms. The Labute approximate surface area is 419 Å². The molecule has 0 saturated heterocycles. The molecule has 72 heavy (non-hydrogen) atoms. The first-order chi connectivity index (χ1) is 35.0. The zero-order valence-corrected chi connectivity index (χ0v) is 41.5. The highest BCUT2D eigenvalue weighted by Gasteiger charge is 2.37. The molecule has 0 radical (unpaired) electrons. The second-order valence-electron chi connectivity index (χ2n) is 21.9. The Morgan fingerprint density at radius 1 is 0.361 bits per heavy atom. The summed E-state index contributed by atoms with van der Waals surface area (Å²) in [4.78, 5) is 9.39. The lowest BCUT2D eigenvalue weighted by Gasteiger charge is -2.22. The summed E-state index contributed by atoms with van der Waals surface area (Å²) in [5, 5.41) is 5.07. The van der Waals surface area contributed by atoms with Gasteiger partial charge in [0.2, 0.25) is 0 Å². The van der Waals surface area contributed by atoms with Crippen molar-refractivity contribution in [1.82, 2.24) is 19.1 Å². The number of aryl methyl sites for hydroxylation is 4. The summed E-state index contributed by atoms with van der Waals surface area (Å²) in [6, 6.07) is 60.5. The van der Waals surface area contributed by atoms with E-state index in [-0.39, 0.29) is 10.8 Å². The van der Waals surface area contributed by atoms with E-state index in [1.807, 2.05) is 24.8 Å². The van der Waals surface area contributed by atoms with Crippen LogP contribution in [0.3, 0.4) is 0 Å². The zero-order valence-electron chi connectivity index (χ0n) is 41.5. The van der Waals surface area contributed by atoms with Crippen LogP contribution in [-0.4, -0.2) is 19.1 Å². The Balaban J connectivity index is 0.922. The van der Waals surface area contributed by atoms with E-state index < -0.39 is 0 Å². The third-order valence-corrected chi connectivity index (χ3v) is 17.3. The average molecular weight is 925 g/mol. The average Bonchev–Trinajstić information content (AvgIpc) is 4.05. The number of benzene rings is 8. The van der Waals surface area contributed by atoms with Gasteiger partial charge in [0.25, 0.3) is 0 Å². The molecule has 344 valence electrons. The second kappa shape index (κ2) is 14.6. The van der Waals surface area contributed by atoms with Crippen molar-refractivity contribution in [2.45, 2.75) is 65.2 Å². The van der Waals surface area contributed by atoms with Gasteiger partial charge in [-0.3, -0.25) is 9.97 Å². The van der Waals surface area contributed by atoms with Crippen LogP contribution in [0.5, 0.6) is 0 Å². The molecule has 0 amide bonds. The molecule has 0 bridgehead atoms. The molecule has 0 atom stereocenters. The molecule has 4 aromatic heterocycles. The van der Waals surface area contributed by atoms with Gasteiger partial charge in [0.05, 0.1) is 45.8 Å². The van der Waals surface area contributed by atoms with Crippen molar-refractivity contribution in [3.63, 3.8) is 0 Å². The number of hydrogen-bond donors (Lipinski definition) is 0. The zero-order chi connectivity index (χ0) is 48.4. The summed E-state index contributed by atoms with van der Waals surface area (Å²) in [7, 11) is 0. The standard InChI is InChI=1S/C68H52N4/c1-39-25-27-69-37-65(39)71-61-23-19-43(41-17-21-59-51(29-41)47-11-7-9-13-57(47)67(59,3)4)31-53(61)55-33-45-15-16-46-34-56-54-32-44(42-18-22-60-52(30-42)48-12-8-10-14-58(48)68(60,5)6)20-24-62(54)72(66-38-70-28-26-40(66)2)64(56)36-50(46)49(45)35-63(55)71/h7-14,17-38H,15-16H2,1-6H3. The van der Waals surface area contributed by atoms with Gasteiger partial charge in [-0.05, 0) is 200 Å². The Morgan fingerprint density at radius 3 is 1.19 bits per heavy atom. The number of fused-ring (bicyclic) bond motifs is 15. The van der Waals surface area contributed by atoms with Gasteiger partial charge in [-0.2, -0.15) is 0 Å². The summed E-state index contributed by atoms with van der Waals surface area (Å²) in [6.07, 6.45) is 9.81. The second-order valence-corrected chi connectivity index (χ2v) is 21.9. The van der Waals surface area contributed by atoms with Crippen LogP contribution >= 0.6 is 0 Å². The van der Waals surface area contributed by atoms with Crippen molar-refractivity contribution in [2.75, 3.05) is 0 Å². The third-order valence-electron chi connectivity index (χ3n) is 17.3. The van der Waals surface area contributed by atoms with Crippen LogP contribution in [0.2, 0.25) is 0 Å². The first kappa shape index (κ1) is 41.4. The van der Waals surface area contributed by atoms with Crippen LogP contribution in [0.25, 0.3) is 111 Å². The molecular weight excluding hydrogens is 873 g/mol. The Bertz CT molecular complexity index is 4080. The predicted octanol–water partition coefficient (Wildman–Crippen LogP) is 17.0. The van der Waals surface area contributed by atoms with Crippen molar-refractivity contribution in [3.8, 4) is 67.0 Å². The fourth-order valence-corrected chi connectivity index (χ4v) is 13.5. The number of aromatic nitrogens is 4. The van der Waals surface area contributed by atoms with Crippen molar-refractivity contribution in [3.05, 3.63) is 227 Å². The molecule has 0 N–H and O–H groups in total. The first-order valence-corrected chi connectivity index (χ1v) is 25.6. The van der Waals surface area contributed by atoms with Gasteiger partial charge in [0.1, 0.15) is 0 Å². The maximum absolute atomic E-state index is 4.69. The highest BCUT2D eigenvalue weighted by Crippen LogP contribution is 2.52. The first-order valence-electron chi connectivity index (χ1n) is 25.6. The highest BCUT2D eigenvalue weighted by molar-refractivity contribution is 6.14. The van der Waals surface area contributed by atoms with Gasteiger partial charge in [-0.15, -0.1) is 0 Å². The van der Waals surface area contributed by atoms with Crippen LogP contribution < -0.4 is 0 Å². The number of rotatable bonds is 4. The molecule has 0 fully saturated rings. The molecule has 8 aromatic carbocycles. The molecule has 0 aliphatic heterocycles. The summed E-state index contributed by atoms with van der Waals surface area (Å²) < 4.78 is 4.92. The minimum absolute atomic E-state index is 0.0282. The normalized spacial score (nSPS) is 14.6. The molecule has 3 aliphatic carbocycles. The lowest BCUT2D eigenvalue weighted by molar-refractivity contribution is 0.660. The van der Waals surface area contributed by atoms with E-state index in [0.29, 0.717) is 0 Å². The Hall–Kier alpha value is -8.34. The predicted molar refractivity (Wildman–Crippen MR) is 299 cm³/mol. The van der Waals surface area contributed by atoms with Gasteiger partial charge in [0.15, 0.2) is 0 Å². The van der Waals surface area contributed by atoms with E-state index in [4.69, 9.17) is 9.97 Å². The van der Waals surface area contributed by atoms with E-state index in [1.165, 1.54) is 144 Å². The van der Waals surface area contributed by atoms with Gasteiger partial charge in [-0.1, -0.05) is 113 Å². The van der Waals surface area contributed by atoms with E-state index in [0.717, 1.165) is 24.2 Å². The van der Waals surface area contributed by atoms with E-state index in [1.54, 1.807) is 0 Å². The molecule has 12 aromatic rings. The molecule has 3 aliphatic rings. The molecule has 4 heteroatoms. The number of pyridine rings is 2. The number of hydrogen-bond acceptors (Lipinski definition) is 2. The quantitative estimate of drug-likeness (QED) is 0.176. The van der Waals surface area contributed by atoms with Crippen LogP contribution in [0.4, 0.5) is 0 Å². The molecule has 15 rings (SSSR count). The van der Waals surface area contributed by atoms with E-state index in [2.05, 4.69) is 208 Å². The molecule has 4 heterocycles. The van der Waals surface area contributed by atoms with Crippen LogP contribution in [0, 0.1) is 13.8 Å². The lowest BCUT2D eigenvalue weighted by Crippen LogP contribution is -2.14. The van der Waals surface area contributed by atoms with Gasteiger partial charge >= 0.3 is 0 Å². The third kappa shape index (κ3) is 5.63. The van der Waals surface area contributed by atoms with Crippen molar-refractivity contribution in [2.24, 2.45) is 0 Å².